The Morgan fingerprint density at radius 3 is 2.80 bits per heavy atom. The van der Waals surface area contributed by atoms with Gasteiger partial charge in [0.25, 0.3) is 5.56 Å². The average molecular weight is 279 g/mol. The van der Waals surface area contributed by atoms with E-state index in [1.807, 2.05) is 0 Å². The highest BCUT2D eigenvalue weighted by Crippen LogP contribution is 2.29. The summed E-state index contributed by atoms with van der Waals surface area (Å²) >= 11 is 0. The van der Waals surface area contributed by atoms with Crippen LogP contribution in [0.1, 0.15) is 56.0 Å². The van der Waals surface area contributed by atoms with E-state index in [9.17, 15) is 4.79 Å². The molecule has 0 bridgehead atoms. The molecule has 20 heavy (non-hydrogen) atoms. The molecular weight excluding hydrogens is 254 g/mol. The normalized spacial score (nSPS) is 17.1. The molecule has 112 valence electrons. The molecule has 0 unspecified atom stereocenters. The first-order valence-electron chi connectivity index (χ1n) is 7.59. The first-order chi connectivity index (χ1) is 9.79. The van der Waals surface area contributed by atoms with Crippen LogP contribution in [0.15, 0.2) is 10.9 Å². The SMILES string of the molecule is COCCNCc1cc(=O)[nH]c(C2CCCCCC2)n1. The van der Waals surface area contributed by atoms with Gasteiger partial charge in [0.1, 0.15) is 5.82 Å². The van der Waals surface area contributed by atoms with Crippen molar-refractivity contribution in [2.45, 2.75) is 51.0 Å². The van der Waals surface area contributed by atoms with Gasteiger partial charge in [0.05, 0.1) is 12.3 Å². The molecule has 5 heteroatoms. The first kappa shape index (κ1) is 15.2. The Morgan fingerprint density at radius 1 is 1.35 bits per heavy atom. The molecule has 1 aliphatic carbocycles. The van der Waals surface area contributed by atoms with Crippen molar-refractivity contribution in [1.29, 1.82) is 0 Å². The number of hydrogen-bond donors (Lipinski definition) is 2. The Labute approximate surface area is 120 Å². The monoisotopic (exact) mass is 279 g/mol. The van der Waals surface area contributed by atoms with E-state index in [-0.39, 0.29) is 5.56 Å². The molecule has 5 nitrogen and oxygen atoms in total. The van der Waals surface area contributed by atoms with Gasteiger partial charge in [-0.2, -0.15) is 0 Å². The second-order valence-corrected chi connectivity index (χ2v) is 5.48. The summed E-state index contributed by atoms with van der Waals surface area (Å²) in [5.41, 5.74) is 0.784. The summed E-state index contributed by atoms with van der Waals surface area (Å²) in [7, 11) is 1.68. The Hall–Kier alpha value is -1.20. The van der Waals surface area contributed by atoms with Gasteiger partial charge in [0.15, 0.2) is 0 Å². The number of nitrogens with zero attached hydrogens (tertiary/aromatic N) is 1. The molecule has 0 aliphatic heterocycles. The van der Waals surface area contributed by atoms with Crippen molar-refractivity contribution >= 4 is 0 Å². The second-order valence-electron chi connectivity index (χ2n) is 5.48. The van der Waals surface area contributed by atoms with Crippen molar-refractivity contribution in [3.8, 4) is 0 Å². The van der Waals surface area contributed by atoms with Crippen molar-refractivity contribution in [2.75, 3.05) is 20.3 Å². The van der Waals surface area contributed by atoms with Crippen LogP contribution in [0.3, 0.4) is 0 Å². The molecule has 2 N–H and O–H groups in total. The molecular formula is C15H25N3O2. The maximum Gasteiger partial charge on any atom is 0.251 e. The number of nitrogens with one attached hydrogen (secondary N) is 2. The lowest BCUT2D eigenvalue weighted by atomic mass is 9.99. The third-order valence-electron chi connectivity index (χ3n) is 3.84. The van der Waals surface area contributed by atoms with Gasteiger partial charge in [-0.1, -0.05) is 25.7 Å². The fourth-order valence-corrected chi connectivity index (χ4v) is 2.76. The summed E-state index contributed by atoms with van der Waals surface area (Å²) in [6.45, 7) is 2.05. The number of aromatic nitrogens is 2. The summed E-state index contributed by atoms with van der Waals surface area (Å²) in [6.07, 6.45) is 7.38. The van der Waals surface area contributed by atoms with Crippen LogP contribution in [0.4, 0.5) is 0 Å². The molecule has 0 spiro atoms. The van der Waals surface area contributed by atoms with Crippen molar-refractivity contribution in [3.05, 3.63) is 27.9 Å². The van der Waals surface area contributed by atoms with Crippen LogP contribution < -0.4 is 10.9 Å². The molecule has 2 rings (SSSR count). The van der Waals surface area contributed by atoms with E-state index < -0.39 is 0 Å². The number of ether oxygens (including phenoxy) is 1. The van der Waals surface area contributed by atoms with Gasteiger partial charge in [-0.25, -0.2) is 4.98 Å². The van der Waals surface area contributed by atoms with E-state index >= 15 is 0 Å². The zero-order valence-electron chi connectivity index (χ0n) is 12.3. The minimum Gasteiger partial charge on any atom is -0.383 e. The fraction of sp³-hybridized carbons (Fsp3) is 0.733. The number of hydrogen-bond acceptors (Lipinski definition) is 4. The smallest absolute Gasteiger partial charge is 0.251 e. The lowest BCUT2D eigenvalue weighted by Crippen LogP contribution is -2.22. The number of methoxy groups -OCH3 is 1. The predicted molar refractivity (Wildman–Crippen MR) is 78.9 cm³/mol. The van der Waals surface area contributed by atoms with E-state index in [1.54, 1.807) is 13.2 Å². The van der Waals surface area contributed by atoms with E-state index in [2.05, 4.69) is 15.3 Å². The summed E-state index contributed by atoms with van der Waals surface area (Å²) in [5, 5.41) is 3.23. The molecule has 0 amide bonds. The minimum atomic E-state index is -0.0391. The van der Waals surface area contributed by atoms with Gasteiger partial charge in [-0.3, -0.25) is 4.79 Å². The Morgan fingerprint density at radius 2 is 2.10 bits per heavy atom. The quantitative estimate of drug-likeness (QED) is 0.617. The van der Waals surface area contributed by atoms with Gasteiger partial charge in [0.2, 0.25) is 0 Å². The lowest BCUT2D eigenvalue weighted by molar-refractivity contribution is 0.199. The third-order valence-corrected chi connectivity index (χ3v) is 3.84. The highest BCUT2D eigenvalue weighted by Gasteiger charge is 2.17. The Bertz CT molecular complexity index is 451. The molecule has 0 radical (unpaired) electrons. The molecule has 0 aromatic carbocycles. The second kappa shape index (κ2) is 8.17. The van der Waals surface area contributed by atoms with Crippen LogP contribution >= 0.6 is 0 Å². The molecule has 1 saturated carbocycles. The van der Waals surface area contributed by atoms with Gasteiger partial charge < -0.3 is 15.0 Å². The number of aromatic amines is 1. The van der Waals surface area contributed by atoms with Crippen LogP contribution in [0.25, 0.3) is 0 Å². The van der Waals surface area contributed by atoms with Crippen LogP contribution in [0.2, 0.25) is 0 Å². The van der Waals surface area contributed by atoms with E-state index in [0.717, 1.165) is 30.9 Å². The highest BCUT2D eigenvalue weighted by atomic mass is 16.5. The zero-order chi connectivity index (χ0) is 14.2. The topological polar surface area (TPSA) is 67.0 Å². The molecule has 1 aromatic heterocycles. The Balaban J connectivity index is 2.01. The maximum atomic E-state index is 11.8. The molecule has 1 aromatic rings. The molecule has 1 aliphatic rings. The largest absolute Gasteiger partial charge is 0.383 e. The van der Waals surface area contributed by atoms with Crippen LogP contribution in [-0.2, 0) is 11.3 Å². The number of H-pyrrole nitrogens is 1. The van der Waals surface area contributed by atoms with E-state index in [1.165, 1.54) is 25.7 Å². The summed E-state index contributed by atoms with van der Waals surface area (Å²) in [4.78, 5) is 19.3. The summed E-state index contributed by atoms with van der Waals surface area (Å²) in [5.74, 6) is 1.30. The lowest BCUT2D eigenvalue weighted by Gasteiger charge is -2.14. The fourth-order valence-electron chi connectivity index (χ4n) is 2.76. The average Bonchev–Trinajstić information content (AvgIpc) is 2.72. The highest BCUT2D eigenvalue weighted by molar-refractivity contribution is 5.06. The van der Waals surface area contributed by atoms with Crippen LogP contribution in [-0.4, -0.2) is 30.2 Å². The van der Waals surface area contributed by atoms with Gasteiger partial charge >= 0.3 is 0 Å². The number of rotatable bonds is 6. The van der Waals surface area contributed by atoms with Crippen molar-refractivity contribution in [2.24, 2.45) is 0 Å². The molecule has 0 atom stereocenters. The van der Waals surface area contributed by atoms with Crippen LogP contribution in [0, 0.1) is 0 Å². The van der Waals surface area contributed by atoms with Crippen molar-refractivity contribution < 1.29 is 4.74 Å². The maximum absolute atomic E-state index is 11.8. The molecule has 1 heterocycles. The van der Waals surface area contributed by atoms with E-state index in [4.69, 9.17) is 4.74 Å². The minimum absolute atomic E-state index is 0.0391. The first-order valence-corrected chi connectivity index (χ1v) is 7.59. The van der Waals surface area contributed by atoms with Crippen LogP contribution in [0.5, 0.6) is 0 Å². The Kier molecular flexibility index (Phi) is 6.21. The molecule has 1 fully saturated rings. The van der Waals surface area contributed by atoms with E-state index in [0.29, 0.717) is 19.1 Å². The molecule has 0 saturated heterocycles. The predicted octanol–water partition coefficient (Wildman–Crippen LogP) is 1.94. The third kappa shape index (κ3) is 4.72. The van der Waals surface area contributed by atoms with Gasteiger partial charge in [0, 0.05) is 32.2 Å². The summed E-state index contributed by atoms with van der Waals surface area (Å²) in [6, 6.07) is 1.58. The standard InChI is InChI=1S/C15H25N3O2/c1-20-9-8-16-11-13-10-14(19)18-15(17-13)12-6-4-2-3-5-7-12/h10,12,16H,2-9,11H2,1H3,(H,17,18,19). The van der Waals surface area contributed by atoms with Crippen molar-refractivity contribution in [3.63, 3.8) is 0 Å². The van der Waals surface area contributed by atoms with Gasteiger partial charge in [-0.15, -0.1) is 0 Å². The zero-order valence-corrected chi connectivity index (χ0v) is 12.3. The van der Waals surface area contributed by atoms with Gasteiger partial charge in [-0.05, 0) is 12.8 Å². The summed E-state index contributed by atoms with van der Waals surface area (Å²) < 4.78 is 4.99. The van der Waals surface area contributed by atoms with Crippen molar-refractivity contribution in [1.82, 2.24) is 15.3 Å².